The standard InChI is InChI=1S/C22H18N2O5/c25-20-18-13-3-4-14(6-5-13)19(18)21(26)24(20)23-11-16-9-10-17(29-16)12-1-7-15(8-2-12)22(27)28/h1-4,7-11,13-14,18-19H,5-6H2,(H,27,28)/p-1/b23-11-/t13-,14-,18-,19+/m1/s1. The fourth-order valence-corrected chi connectivity index (χ4v) is 4.63. The van der Waals surface area contributed by atoms with E-state index in [1.165, 1.54) is 18.3 Å². The Morgan fingerprint density at radius 3 is 2.17 bits per heavy atom. The monoisotopic (exact) mass is 389 g/mol. The van der Waals surface area contributed by atoms with Crippen LogP contribution in [0.25, 0.3) is 11.3 Å². The topological polar surface area (TPSA) is 103 Å². The molecule has 29 heavy (non-hydrogen) atoms. The molecule has 2 fully saturated rings. The predicted molar refractivity (Wildman–Crippen MR) is 100 cm³/mol. The third-order valence-electron chi connectivity index (χ3n) is 6.07. The van der Waals surface area contributed by atoms with Gasteiger partial charge in [-0.1, -0.05) is 36.4 Å². The second-order valence-electron chi connectivity index (χ2n) is 7.64. The normalized spacial score (nSPS) is 27.8. The number of rotatable bonds is 4. The Kier molecular flexibility index (Phi) is 3.97. The maximum absolute atomic E-state index is 12.7. The number of hydrogen-bond donors (Lipinski definition) is 0. The summed E-state index contributed by atoms with van der Waals surface area (Å²) < 4.78 is 5.70. The van der Waals surface area contributed by atoms with Gasteiger partial charge in [0.05, 0.1) is 24.0 Å². The van der Waals surface area contributed by atoms with Crippen LogP contribution in [0.4, 0.5) is 0 Å². The van der Waals surface area contributed by atoms with Gasteiger partial charge in [0.25, 0.3) is 11.8 Å². The molecule has 3 aliphatic carbocycles. The van der Waals surface area contributed by atoms with Crippen molar-refractivity contribution in [1.82, 2.24) is 5.01 Å². The second kappa shape index (κ2) is 6.55. The number of aromatic carboxylic acids is 1. The number of nitrogens with zero attached hydrogens (tertiary/aromatic N) is 2. The van der Waals surface area contributed by atoms with Crippen LogP contribution in [-0.4, -0.2) is 29.0 Å². The Morgan fingerprint density at radius 1 is 1.00 bits per heavy atom. The molecule has 4 aliphatic rings. The van der Waals surface area contributed by atoms with Crippen molar-refractivity contribution in [3.63, 3.8) is 0 Å². The Hall–Kier alpha value is -3.48. The fourth-order valence-electron chi connectivity index (χ4n) is 4.63. The predicted octanol–water partition coefficient (Wildman–Crippen LogP) is 1.84. The van der Waals surface area contributed by atoms with E-state index < -0.39 is 5.97 Å². The molecule has 1 aromatic heterocycles. The number of fused-ring (bicyclic) bond motifs is 1. The lowest BCUT2D eigenvalue weighted by Crippen LogP contribution is -2.38. The molecule has 6 rings (SSSR count). The third kappa shape index (κ3) is 2.81. The quantitative estimate of drug-likeness (QED) is 0.451. The molecule has 1 saturated carbocycles. The molecule has 7 nitrogen and oxygen atoms in total. The maximum atomic E-state index is 12.7. The molecule has 2 aromatic rings. The van der Waals surface area contributed by atoms with Crippen LogP contribution in [0.1, 0.15) is 29.0 Å². The number of hydrazone groups is 1. The average Bonchev–Trinajstić information content (AvgIpc) is 3.32. The Morgan fingerprint density at radius 2 is 1.62 bits per heavy atom. The first-order valence-corrected chi connectivity index (χ1v) is 9.54. The van der Waals surface area contributed by atoms with Gasteiger partial charge in [0.15, 0.2) is 0 Å². The summed E-state index contributed by atoms with van der Waals surface area (Å²) in [4.78, 5) is 36.3. The number of amides is 2. The summed E-state index contributed by atoms with van der Waals surface area (Å²) in [6.45, 7) is 0. The molecular formula is C22H17N2O5-. The summed E-state index contributed by atoms with van der Waals surface area (Å²) in [5.41, 5.74) is 0.773. The van der Waals surface area contributed by atoms with Crippen LogP contribution in [0.3, 0.4) is 0 Å². The van der Waals surface area contributed by atoms with E-state index in [2.05, 4.69) is 17.3 Å². The van der Waals surface area contributed by atoms with Crippen LogP contribution in [0.2, 0.25) is 0 Å². The molecule has 146 valence electrons. The van der Waals surface area contributed by atoms with E-state index in [1.54, 1.807) is 24.3 Å². The van der Waals surface area contributed by atoms with E-state index in [0.29, 0.717) is 17.1 Å². The fraction of sp³-hybridized carbons (Fsp3) is 0.273. The molecule has 0 N–H and O–H groups in total. The zero-order valence-corrected chi connectivity index (χ0v) is 15.4. The average molecular weight is 389 g/mol. The molecule has 2 amide bonds. The third-order valence-corrected chi connectivity index (χ3v) is 6.07. The molecule has 0 spiro atoms. The summed E-state index contributed by atoms with van der Waals surface area (Å²) in [6.07, 6.45) is 7.38. The summed E-state index contributed by atoms with van der Waals surface area (Å²) >= 11 is 0. The highest BCUT2D eigenvalue weighted by Crippen LogP contribution is 2.49. The maximum Gasteiger partial charge on any atom is 0.254 e. The van der Waals surface area contributed by atoms with Gasteiger partial charge in [-0.3, -0.25) is 9.59 Å². The number of benzene rings is 1. The molecular weight excluding hydrogens is 372 g/mol. The minimum atomic E-state index is -1.24. The molecule has 1 saturated heterocycles. The molecule has 2 bridgehead atoms. The van der Waals surface area contributed by atoms with E-state index in [4.69, 9.17) is 4.42 Å². The molecule has 4 atom stereocenters. The lowest BCUT2D eigenvalue weighted by Gasteiger charge is -2.37. The Balaban J connectivity index is 1.34. The highest BCUT2D eigenvalue weighted by atomic mass is 16.4. The van der Waals surface area contributed by atoms with Gasteiger partial charge >= 0.3 is 0 Å². The highest BCUT2D eigenvalue weighted by molar-refractivity contribution is 6.06. The lowest BCUT2D eigenvalue weighted by molar-refractivity contribution is -0.255. The number of allylic oxidation sites excluding steroid dienone is 2. The number of carbonyl (C=O) groups excluding carboxylic acids is 3. The first kappa shape index (κ1) is 17.6. The van der Waals surface area contributed by atoms with E-state index in [1.807, 2.05) is 0 Å². The van der Waals surface area contributed by atoms with Crippen molar-refractivity contribution in [3.8, 4) is 11.3 Å². The molecule has 1 aliphatic heterocycles. The Labute approximate surface area is 166 Å². The van der Waals surface area contributed by atoms with Gasteiger partial charge in [0.1, 0.15) is 11.5 Å². The molecule has 1 aromatic carbocycles. The van der Waals surface area contributed by atoms with Crippen molar-refractivity contribution >= 4 is 24.0 Å². The number of imide groups is 1. The summed E-state index contributed by atoms with van der Waals surface area (Å²) in [7, 11) is 0. The van der Waals surface area contributed by atoms with Crippen molar-refractivity contribution < 1.29 is 23.9 Å². The zero-order chi connectivity index (χ0) is 20.1. The van der Waals surface area contributed by atoms with Crippen molar-refractivity contribution in [1.29, 1.82) is 0 Å². The van der Waals surface area contributed by atoms with Gasteiger partial charge in [-0.25, -0.2) is 0 Å². The van der Waals surface area contributed by atoms with Gasteiger partial charge in [-0.2, -0.15) is 10.1 Å². The zero-order valence-electron chi connectivity index (χ0n) is 15.4. The van der Waals surface area contributed by atoms with Crippen LogP contribution in [0.5, 0.6) is 0 Å². The smallest absolute Gasteiger partial charge is 0.254 e. The van der Waals surface area contributed by atoms with Crippen LogP contribution < -0.4 is 5.11 Å². The van der Waals surface area contributed by atoms with Gasteiger partial charge in [-0.15, -0.1) is 0 Å². The minimum Gasteiger partial charge on any atom is -0.545 e. The van der Waals surface area contributed by atoms with Gasteiger partial charge in [0, 0.05) is 5.56 Å². The summed E-state index contributed by atoms with van der Waals surface area (Å²) in [5, 5.41) is 16.0. The largest absolute Gasteiger partial charge is 0.545 e. The van der Waals surface area contributed by atoms with Crippen LogP contribution in [-0.2, 0) is 9.59 Å². The van der Waals surface area contributed by atoms with E-state index in [9.17, 15) is 19.5 Å². The van der Waals surface area contributed by atoms with E-state index >= 15 is 0 Å². The lowest BCUT2D eigenvalue weighted by atomic mass is 9.63. The number of hydrogen-bond acceptors (Lipinski definition) is 6. The van der Waals surface area contributed by atoms with Gasteiger partial charge in [0.2, 0.25) is 0 Å². The van der Waals surface area contributed by atoms with Gasteiger partial charge in [-0.05, 0) is 42.4 Å². The molecule has 2 heterocycles. The SMILES string of the molecule is O=C([O-])c1ccc(-c2ccc(/C=N\N3C(=O)[C@@H]4[C@H](C3=O)[C@@H]3C=C[C@@H]4CC3)o2)cc1. The summed E-state index contributed by atoms with van der Waals surface area (Å²) in [5.74, 6) is -1.14. The molecule has 7 heteroatoms. The number of furan rings is 1. The molecule has 0 radical (unpaired) electrons. The van der Waals surface area contributed by atoms with Crippen LogP contribution >= 0.6 is 0 Å². The van der Waals surface area contributed by atoms with Crippen LogP contribution in [0.15, 0.2) is 58.1 Å². The van der Waals surface area contributed by atoms with Crippen molar-refractivity contribution in [2.45, 2.75) is 12.8 Å². The number of carbonyl (C=O) groups is 3. The first-order chi connectivity index (χ1) is 14.0. The van der Waals surface area contributed by atoms with E-state index in [-0.39, 0.29) is 41.0 Å². The Bertz CT molecular complexity index is 1030. The number of carboxylic acids is 1. The summed E-state index contributed by atoms with van der Waals surface area (Å²) in [6, 6.07) is 9.50. The van der Waals surface area contributed by atoms with E-state index in [0.717, 1.165) is 17.9 Å². The van der Waals surface area contributed by atoms with Crippen molar-refractivity contribution in [3.05, 3.63) is 59.9 Å². The number of carboxylic acid groups (broad SMARTS) is 1. The minimum absolute atomic E-state index is 0.0815. The van der Waals surface area contributed by atoms with Crippen molar-refractivity contribution in [2.75, 3.05) is 0 Å². The first-order valence-electron chi connectivity index (χ1n) is 9.54. The highest BCUT2D eigenvalue weighted by Gasteiger charge is 2.56. The second-order valence-corrected chi connectivity index (χ2v) is 7.64. The van der Waals surface area contributed by atoms with Crippen LogP contribution in [0, 0.1) is 23.7 Å². The van der Waals surface area contributed by atoms with Gasteiger partial charge < -0.3 is 14.3 Å². The molecule has 0 unspecified atom stereocenters. The van der Waals surface area contributed by atoms with Crippen molar-refractivity contribution in [2.24, 2.45) is 28.8 Å².